The van der Waals surface area contributed by atoms with Crippen LogP contribution in [0.15, 0.2) is 42.5 Å². The van der Waals surface area contributed by atoms with Crippen molar-refractivity contribution in [2.24, 2.45) is 0 Å². The van der Waals surface area contributed by atoms with Crippen molar-refractivity contribution in [2.75, 3.05) is 0 Å². The third-order valence-corrected chi connectivity index (χ3v) is 2.94. The first-order valence-electron chi connectivity index (χ1n) is 7.10. The number of hydrogen-bond donors (Lipinski definition) is 0. The molecule has 0 heterocycles. The summed E-state index contributed by atoms with van der Waals surface area (Å²) in [6.07, 6.45) is 5.21. The van der Waals surface area contributed by atoms with E-state index < -0.39 is 0 Å². The van der Waals surface area contributed by atoms with Crippen LogP contribution >= 0.6 is 0 Å². The molecule has 0 saturated heterocycles. The van der Waals surface area contributed by atoms with E-state index in [2.05, 4.69) is 36.9 Å². The predicted molar refractivity (Wildman–Crippen MR) is 79.5 cm³/mol. The summed E-state index contributed by atoms with van der Waals surface area (Å²) in [5.74, 6) is 0.634. The van der Waals surface area contributed by atoms with Gasteiger partial charge in [0, 0.05) is 5.92 Å². The molecule has 1 aliphatic carbocycles. The Labute approximate surface area is 108 Å². The van der Waals surface area contributed by atoms with Crippen LogP contribution in [0.3, 0.4) is 0 Å². The fraction of sp³-hybridized carbons (Fsp3) is 0.529. The van der Waals surface area contributed by atoms with Gasteiger partial charge in [-0.2, -0.15) is 0 Å². The Morgan fingerprint density at radius 3 is 2.06 bits per heavy atom. The first-order chi connectivity index (χ1) is 8.38. The molecule has 1 aliphatic rings. The number of hydrogen-bond acceptors (Lipinski definition) is 0. The van der Waals surface area contributed by atoms with Crippen LogP contribution in [0.5, 0.6) is 0 Å². The smallest absolute Gasteiger partial charge is 0.00454 e. The molecule has 1 atom stereocenters. The second-order valence-electron chi connectivity index (χ2n) is 3.87. The average Bonchev–Trinajstić information content (AvgIpc) is 2.45. The fourth-order valence-electron chi connectivity index (χ4n) is 2.17. The molecule has 0 amide bonds. The van der Waals surface area contributed by atoms with E-state index in [1.165, 1.54) is 36.8 Å². The zero-order chi connectivity index (χ0) is 13.1. The molecular weight excluding hydrogens is 204 g/mol. The van der Waals surface area contributed by atoms with Crippen LogP contribution in [0.2, 0.25) is 0 Å². The van der Waals surface area contributed by atoms with Gasteiger partial charge in [0.1, 0.15) is 0 Å². The molecule has 1 aromatic rings. The van der Waals surface area contributed by atoms with Crippen molar-refractivity contribution in [3.63, 3.8) is 0 Å². The molecule has 1 aromatic carbocycles. The van der Waals surface area contributed by atoms with Crippen molar-refractivity contribution in [1.29, 1.82) is 0 Å². The largest absolute Gasteiger partial charge is 0.0992 e. The SMILES string of the molecule is C=C1CCCCC1c1ccccc1.CC.CC. The zero-order valence-corrected chi connectivity index (χ0v) is 12.0. The van der Waals surface area contributed by atoms with Crippen LogP contribution in [0.1, 0.15) is 64.9 Å². The molecule has 1 unspecified atom stereocenters. The Morgan fingerprint density at radius 1 is 0.941 bits per heavy atom. The van der Waals surface area contributed by atoms with Gasteiger partial charge in [-0.1, -0.05) is 76.6 Å². The van der Waals surface area contributed by atoms with Gasteiger partial charge in [0.25, 0.3) is 0 Å². The highest BCUT2D eigenvalue weighted by atomic mass is 14.2. The van der Waals surface area contributed by atoms with Gasteiger partial charge < -0.3 is 0 Å². The van der Waals surface area contributed by atoms with E-state index in [-0.39, 0.29) is 0 Å². The van der Waals surface area contributed by atoms with Crippen molar-refractivity contribution in [1.82, 2.24) is 0 Å². The molecule has 0 bridgehead atoms. The standard InChI is InChI=1S/C13H16.2C2H6/c1-11-7-5-6-10-13(11)12-8-3-2-4-9-12;2*1-2/h2-4,8-9,13H,1,5-7,10H2;2*1-2H3. The molecule has 17 heavy (non-hydrogen) atoms. The highest BCUT2D eigenvalue weighted by molar-refractivity contribution is 5.28. The Bertz CT molecular complexity index is 284. The topological polar surface area (TPSA) is 0 Å². The summed E-state index contributed by atoms with van der Waals surface area (Å²) in [5, 5.41) is 0. The maximum atomic E-state index is 4.17. The van der Waals surface area contributed by atoms with Gasteiger partial charge in [0.15, 0.2) is 0 Å². The van der Waals surface area contributed by atoms with Gasteiger partial charge in [-0.05, 0) is 24.8 Å². The minimum absolute atomic E-state index is 0.634. The van der Waals surface area contributed by atoms with E-state index in [1.54, 1.807) is 0 Å². The Balaban J connectivity index is 0.000000581. The summed E-state index contributed by atoms with van der Waals surface area (Å²) in [5.41, 5.74) is 2.88. The maximum absolute atomic E-state index is 4.17. The van der Waals surface area contributed by atoms with Gasteiger partial charge in [0.2, 0.25) is 0 Å². The lowest BCUT2D eigenvalue weighted by Crippen LogP contribution is -2.06. The quantitative estimate of drug-likeness (QED) is 0.525. The molecule has 2 rings (SSSR count). The minimum atomic E-state index is 0.634. The highest BCUT2D eigenvalue weighted by Crippen LogP contribution is 2.35. The van der Waals surface area contributed by atoms with Gasteiger partial charge in [-0.15, -0.1) is 0 Å². The first-order valence-corrected chi connectivity index (χ1v) is 7.10. The summed E-state index contributed by atoms with van der Waals surface area (Å²) in [4.78, 5) is 0. The number of allylic oxidation sites excluding steroid dienone is 1. The molecule has 0 radical (unpaired) electrons. The lowest BCUT2D eigenvalue weighted by Gasteiger charge is -2.24. The lowest BCUT2D eigenvalue weighted by atomic mass is 9.81. The van der Waals surface area contributed by atoms with Gasteiger partial charge in [-0.3, -0.25) is 0 Å². The van der Waals surface area contributed by atoms with E-state index in [1.807, 2.05) is 27.7 Å². The summed E-state index contributed by atoms with van der Waals surface area (Å²) < 4.78 is 0. The number of rotatable bonds is 1. The van der Waals surface area contributed by atoms with E-state index in [0.29, 0.717) is 5.92 Å². The third kappa shape index (κ3) is 5.21. The Kier molecular flexibility index (Phi) is 9.52. The van der Waals surface area contributed by atoms with Crippen LogP contribution in [-0.4, -0.2) is 0 Å². The van der Waals surface area contributed by atoms with Gasteiger partial charge in [-0.25, -0.2) is 0 Å². The highest BCUT2D eigenvalue weighted by Gasteiger charge is 2.18. The van der Waals surface area contributed by atoms with E-state index in [4.69, 9.17) is 0 Å². The molecule has 0 spiro atoms. The predicted octanol–water partition coefficient (Wildman–Crippen LogP) is 5.95. The maximum Gasteiger partial charge on any atom is 0.00454 e. The molecule has 0 heteroatoms. The monoisotopic (exact) mass is 232 g/mol. The Hall–Kier alpha value is -1.04. The van der Waals surface area contributed by atoms with E-state index >= 15 is 0 Å². The molecular formula is C17H28. The van der Waals surface area contributed by atoms with E-state index in [0.717, 1.165) is 0 Å². The first kappa shape index (κ1) is 16.0. The van der Waals surface area contributed by atoms with Crippen LogP contribution in [0, 0.1) is 0 Å². The average molecular weight is 232 g/mol. The van der Waals surface area contributed by atoms with E-state index in [9.17, 15) is 0 Å². The van der Waals surface area contributed by atoms with Gasteiger partial charge in [0.05, 0.1) is 0 Å². The number of benzene rings is 1. The Morgan fingerprint density at radius 2 is 1.53 bits per heavy atom. The zero-order valence-electron chi connectivity index (χ0n) is 12.0. The molecule has 0 aromatic heterocycles. The summed E-state index contributed by atoms with van der Waals surface area (Å²) >= 11 is 0. The summed E-state index contributed by atoms with van der Waals surface area (Å²) in [6, 6.07) is 10.8. The molecule has 0 nitrogen and oxygen atoms in total. The third-order valence-electron chi connectivity index (χ3n) is 2.94. The summed E-state index contributed by atoms with van der Waals surface area (Å²) in [6.45, 7) is 12.2. The molecule has 1 fully saturated rings. The van der Waals surface area contributed by atoms with Crippen LogP contribution in [0.25, 0.3) is 0 Å². The van der Waals surface area contributed by atoms with Crippen LogP contribution < -0.4 is 0 Å². The second-order valence-corrected chi connectivity index (χ2v) is 3.87. The van der Waals surface area contributed by atoms with Gasteiger partial charge >= 0.3 is 0 Å². The van der Waals surface area contributed by atoms with Crippen LogP contribution in [0.4, 0.5) is 0 Å². The molecule has 0 N–H and O–H groups in total. The summed E-state index contributed by atoms with van der Waals surface area (Å²) in [7, 11) is 0. The lowest BCUT2D eigenvalue weighted by molar-refractivity contribution is 0.542. The van der Waals surface area contributed by atoms with Crippen molar-refractivity contribution >= 4 is 0 Å². The van der Waals surface area contributed by atoms with Crippen LogP contribution in [-0.2, 0) is 0 Å². The normalized spacial score (nSPS) is 18.4. The van der Waals surface area contributed by atoms with Crippen molar-refractivity contribution in [2.45, 2.75) is 59.3 Å². The van der Waals surface area contributed by atoms with Crippen molar-refractivity contribution < 1.29 is 0 Å². The molecule has 0 aliphatic heterocycles. The molecule has 96 valence electrons. The fourth-order valence-corrected chi connectivity index (χ4v) is 2.17. The van der Waals surface area contributed by atoms with Crippen molar-refractivity contribution in [3.8, 4) is 0 Å². The molecule has 1 saturated carbocycles. The minimum Gasteiger partial charge on any atom is -0.0992 e. The second kappa shape index (κ2) is 10.1. The van der Waals surface area contributed by atoms with Crippen molar-refractivity contribution in [3.05, 3.63) is 48.0 Å².